The molecule has 0 spiro atoms. The number of aryl methyl sites for hydroxylation is 1. The zero-order chi connectivity index (χ0) is 22.8. The maximum absolute atomic E-state index is 13.1. The van der Waals surface area contributed by atoms with Crippen LogP contribution in [0.15, 0.2) is 23.1 Å². The lowest BCUT2D eigenvalue weighted by Gasteiger charge is -2.36. The second-order valence-corrected chi connectivity index (χ2v) is 10.7. The second kappa shape index (κ2) is 9.62. The van der Waals surface area contributed by atoms with Gasteiger partial charge in [-0.15, -0.1) is 0 Å². The maximum atomic E-state index is 13.1. The summed E-state index contributed by atoms with van der Waals surface area (Å²) in [4.78, 5) is 25.5. The van der Waals surface area contributed by atoms with Gasteiger partial charge in [-0.1, -0.05) is 6.07 Å². The molecule has 0 atom stereocenters. The van der Waals surface area contributed by atoms with Gasteiger partial charge in [0.05, 0.1) is 9.82 Å². The number of nitro groups is 1. The number of hydrogen-bond acceptors (Lipinski definition) is 6. The monoisotopic (exact) mass is 452 g/mol. The fraction of sp³-hybridized carbons (Fsp3) is 0.667. The molecule has 2 aliphatic rings. The highest BCUT2D eigenvalue weighted by Crippen LogP contribution is 2.28. The van der Waals surface area contributed by atoms with Crippen molar-refractivity contribution < 1.29 is 18.1 Å². The minimum atomic E-state index is -3.85. The summed E-state index contributed by atoms with van der Waals surface area (Å²) in [7, 11) is -3.85. The lowest BCUT2D eigenvalue weighted by Crippen LogP contribution is -2.49. The number of amides is 1. The molecule has 0 bridgehead atoms. The van der Waals surface area contributed by atoms with Crippen LogP contribution in [0.5, 0.6) is 0 Å². The molecule has 1 aromatic carbocycles. The Morgan fingerprint density at radius 2 is 1.74 bits per heavy atom. The molecule has 2 saturated heterocycles. The van der Waals surface area contributed by atoms with E-state index < -0.39 is 14.9 Å². The average Bonchev–Trinajstić information content (AvgIpc) is 2.74. The van der Waals surface area contributed by atoms with Crippen molar-refractivity contribution in [3.05, 3.63) is 33.9 Å². The summed E-state index contributed by atoms with van der Waals surface area (Å²) in [6.07, 6.45) is 2.76. The Kier molecular flexibility index (Phi) is 7.33. The van der Waals surface area contributed by atoms with E-state index >= 15 is 0 Å². The van der Waals surface area contributed by atoms with E-state index in [2.05, 4.69) is 24.1 Å². The Morgan fingerprint density at radius 1 is 1.13 bits per heavy atom. The summed E-state index contributed by atoms with van der Waals surface area (Å²) < 4.78 is 27.5. The van der Waals surface area contributed by atoms with Crippen LogP contribution in [0.3, 0.4) is 0 Å². The highest BCUT2D eigenvalue weighted by atomic mass is 32.2. The summed E-state index contributed by atoms with van der Waals surface area (Å²) in [5.74, 6) is -0.202. The van der Waals surface area contributed by atoms with Crippen molar-refractivity contribution in [3.8, 4) is 0 Å². The fourth-order valence-corrected chi connectivity index (χ4v) is 6.07. The summed E-state index contributed by atoms with van der Waals surface area (Å²) in [5, 5.41) is 14.2. The number of hydrogen-bond donors (Lipinski definition) is 1. The smallest absolute Gasteiger partial charge is 0.270 e. The zero-order valence-corrected chi connectivity index (χ0v) is 19.2. The first-order chi connectivity index (χ1) is 14.6. The molecule has 10 heteroatoms. The van der Waals surface area contributed by atoms with Crippen LogP contribution in [0.2, 0.25) is 0 Å². The molecule has 2 heterocycles. The summed E-state index contributed by atoms with van der Waals surface area (Å²) >= 11 is 0. The minimum Gasteiger partial charge on any atom is -0.353 e. The van der Waals surface area contributed by atoms with E-state index in [4.69, 9.17) is 0 Å². The van der Waals surface area contributed by atoms with Gasteiger partial charge >= 0.3 is 0 Å². The van der Waals surface area contributed by atoms with Crippen LogP contribution >= 0.6 is 0 Å². The Morgan fingerprint density at radius 3 is 2.29 bits per heavy atom. The van der Waals surface area contributed by atoms with Gasteiger partial charge in [0.1, 0.15) is 0 Å². The number of carbonyl (C=O) groups is 1. The third kappa shape index (κ3) is 5.42. The van der Waals surface area contributed by atoms with Crippen LogP contribution in [0.1, 0.15) is 45.1 Å². The van der Waals surface area contributed by atoms with Crippen LogP contribution in [-0.4, -0.2) is 66.7 Å². The Balaban J connectivity index is 1.57. The molecule has 1 aromatic rings. The SMILES string of the molecule is Cc1ccc([N+](=O)[O-])cc1S(=O)(=O)N1CCC(C(=O)NC2CCN(C(C)C)CC2)CC1. The average molecular weight is 453 g/mol. The summed E-state index contributed by atoms with van der Waals surface area (Å²) in [5.41, 5.74) is 0.222. The molecule has 0 aliphatic carbocycles. The largest absolute Gasteiger partial charge is 0.353 e. The second-order valence-electron chi connectivity index (χ2n) is 8.80. The molecule has 0 aromatic heterocycles. The number of nitrogens with zero attached hydrogens (tertiary/aromatic N) is 3. The number of carbonyl (C=O) groups excluding carboxylic acids is 1. The van der Waals surface area contributed by atoms with E-state index in [0.29, 0.717) is 24.4 Å². The summed E-state index contributed by atoms with van der Waals surface area (Å²) in [6.45, 7) is 8.39. The molecule has 2 aliphatic heterocycles. The first kappa shape index (κ1) is 23.6. The number of nitro benzene ring substituents is 1. The zero-order valence-electron chi connectivity index (χ0n) is 18.4. The molecule has 172 valence electrons. The standard InChI is InChI=1S/C21H32N4O5S/c1-15(2)23-10-8-18(9-11-23)22-21(26)17-6-12-24(13-7-17)31(29,30)20-14-19(25(27)28)5-4-16(20)3/h4-5,14-15,17-18H,6-13H2,1-3H3,(H,22,26). The first-order valence-electron chi connectivity index (χ1n) is 10.9. The molecule has 3 rings (SSSR count). The van der Waals surface area contributed by atoms with Gasteiger partial charge in [-0.2, -0.15) is 4.31 Å². The van der Waals surface area contributed by atoms with Crippen molar-refractivity contribution in [2.75, 3.05) is 26.2 Å². The van der Waals surface area contributed by atoms with Gasteiger partial charge in [0.15, 0.2) is 0 Å². The molecular formula is C21H32N4O5S. The van der Waals surface area contributed by atoms with Crippen LogP contribution in [0.25, 0.3) is 0 Å². The Bertz CT molecular complexity index is 918. The predicted molar refractivity (Wildman–Crippen MR) is 117 cm³/mol. The molecule has 1 N–H and O–H groups in total. The van der Waals surface area contributed by atoms with E-state index in [0.717, 1.165) is 32.0 Å². The van der Waals surface area contributed by atoms with E-state index in [-0.39, 0.29) is 41.5 Å². The predicted octanol–water partition coefficient (Wildman–Crippen LogP) is 2.29. The van der Waals surface area contributed by atoms with Gasteiger partial charge in [-0.05, 0) is 52.0 Å². The van der Waals surface area contributed by atoms with Crippen molar-refractivity contribution in [1.82, 2.24) is 14.5 Å². The normalized spacial score (nSPS) is 20.1. The quantitative estimate of drug-likeness (QED) is 0.523. The molecule has 0 unspecified atom stereocenters. The fourth-order valence-electron chi connectivity index (χ4n) is 4.36. The summed E-state index contributed by atoms with van der Waals surface area (Å²) in [6, 6.07) is 4.56. The molecular weight excluding hydrogens is 420 g/mol. The number of nitrogens with one attached hydrogen (secondary N) is 1. The molecule has 31 heavy (non-hydrogen) atoms. The lowest BCUT2D eigenvalue weighted by atomic mass is 9.95. The Labute approximate surface area is 184 Å². The van der Waals surface area contributed by atoms with Crippen molar-refractivity contribution in [2.24, 2.45) is 5.92 Å². The number of rotatable bonds is 6. The van der Waals surface area contributed by atoms with E-state index in [1.165, 1.54) is 16.4 Å². The van der Waals surface area contributed by atoms with E-state index in [9.17, 15) is 23.3 Å². The van der Waals surface area contributed by atoms with Crippen molar-refractivity contribution in [1.29, 1.82) is 0 Å². The van der Waals surface area contributed by atoms with Crippen LogP contribution in [-0.2, 0) is 14.8 Å². The van der Waals surface area contributed by atoms with Gasteiger partial charge in [0.2, 0.25) is 15.9 Å². The van der Waals surface area contributed by atoms with Gasteiger partial charge in [-0.3, -0.25) is 14.9 Å². The van der Waals surface area contributed by atoms with Crippen molar-refractivity contribution in [3.63, 3.8) is 0 Å². The maximum Gasteiger partial charge on any atom is 0.270 e. The number of benzene rings is 1. The van der Waals surface area contributed by atoms with E-state index in [1.54, 1.807) is 6.92 Å². The number of piperidine rings is 2. The molecule has 1 amide bonds. The van der Waals surface area contributed by atoms with E-state index in [1.807, 2.05) is 0 Å². The highest BCUT2D eigenvalue weighted by Gasteiger charge is 2.34. The van der Waals surface area contributed by atoms with Gasteiger partial charge in [-0.25, -0.2) is 8.42 Å². The third-order valence-electron chi connectivity index (χ3n) is 6.43. The minimum absolute atomic E-state index is 0.00609. The van der Waals surface area contributed by atoms with Crippen LogP contribution < -0.4 is 5.32 Å². The van der Waals surface area contributed by atoms with Crippen LogP contribution in [0, 0.1) is 23.0 Å². The van der Waals surface area contributed by atoms with Crippen molar-refractivity contribution >= 4 is 21.6 Å². The lowest BCUT2D eigenvalue weighted by molar-refractivity contribution is -0.385. The molecule has 2 fully saturated rings. The number of sulfonamides is 1. The topological polar surface area (TPSA) is 113 Å². The van der Waals surface area contributed by atoms with Crippen molar-refractivity contribution in [2.45, 2.75) is 63.4 Å². The van der Waals surface area contributed by atoms with Gasteiger partial charge in [0, 0.05) is 56.3 Å². The first-order valence-corrected chi connectivity index (χ1v) is 12.3. The van der Waals surface area contributed by atoms with Gasteiger partial charge in [0.25, 0.3) is 5.69 Å². The van der Waals surface area contributed by atoms with Crippen LogP contribution in [0.4, 0.5) is 5.69 Å². The molecule has 0 saturated carbocycles. The molecule has 9 nitrogen and oxygen atoms in total. The third-order valence-corrected chi connectivity index (χ3v) is 8.47. The number of non-ortho nitro benzene ring substituents is 1. The Hall–Kier alpha value is -2.04. The van der Waals surface area contributed by atoms with Gasteiger partial charge < -0.3 is 10.2 Å². The molecule has 0 radical (unpaired) electrons. The highest BCUT2D eigenvalue weighted by molar-refractivity contribution is 7.89. The number of likely N-dealkylation sites (tertiary alicyclic amines) is 1.